The van der Waals surface area contributed by atoms with Crippen LogP contribution in [0.4, 0.5) is 15.9 Å². The highest BCUT2D eigenvalue weighted by atomic mass is 19.1. The standard InChI is InChI=1S/C19H23FN4O/c1-23-10-12-24(13-11-23)18-8-7-16(14-21-18)22-19(25)9-6-15-4-2-3-5-17(15)20/h2-5,7-8,14H,6,9-13H2,1H3,(H,22,25). The fraction of sp³-hybridized carbons (Fsp3) is 0.368. The number of aryl methyl sites for hydroxylation is 1. The molecule has 1 aliphatic heterocycles. The smallest absolute Gasteiger partial charge is 0.224 e. The summed E-state index contributed by atoms with van der Waals surface area (Å²) in [7, 11) is 2.12. The third-order valence-corrected chi connectivity index (χ3v) is 4.44. The average molecular weight is 342 g/mol. The molecule has 1 aromatic carbocycles. The molecule has 0 radical (unpaired) electrons. The van der Waals surface area contributed by atoms with Crippen LogP contribution in [0.1, 0.15) is 12.0 Å². The summed E-state index contributed by atoms with van der Waals surface area (Å²) in [6.45, 7) is 3.96. The zero-order valence-electron chi connectivity index (χ0n) is 14.4. The molecule has 1 saturated heterocycles. The fourth-order valence-electron chi connectivity index (χ4n) is 2.86. The number of carbonyl (C=O) groups excluding carboxylic acids is 1. The minimum absolute atomic E-state index is 0.141. The number of rotatable bonds is 5. The summed E-state index contributed by atoms with van der Waals surface area (Å²) < 4.78 is 13.6. The average Bonchev–Trinajstić information content (AvgIpc) is 2.62. The largest absolute Gasteiger partial charge is 0.354 e. The molecule has 1 amide bonds. The predicted octanol–water partition coefficient (Wildman–Crippen LogP) is 2.54. The molecule has 0 unspecified atom stereocenters. The number of amides is 1. The topological polar surface area (TPSA) is 48.5 Å². The van der Waals surface area contributed by atoms with Gasteiger partial charge in [-0.3, -0.25) is 4.79 Å². The Bertz CT molecular complexity index is 712. The Balaban J connectivity index is 1.51. The first-order valence-corrected chi connectivity index (χ1v) is 8.54. The van der Waals surface area contributed by atoms with Gasteiger partial charge in [0.2, 0.25) is 5.91 Å². The van der Waals surface area contributed by atoms with E-state index < -0.39 is 0 Å². The van der Waals surface area contributed by atoms with E-state index in [4.69, 9.17) is 0 Å². The van der Waals surface area contributed by atoms with Crippen molar-refractivity contribution in [2.24, 2.45) is 0 Å². The Hall–Kier alpha value is -2.47. The van der Waals surface area contributed by atoms with Crippen LogP contribution in [-0.2, 0) is 11.2 Å². The van der Waals surface area contributed by atoms with E-state index in [0.717, 1.165) is 32.0 Å². The van der Waals surface area contributed by atoms with Gasteiger partial charge < -0.3 is 15.1 Å². The van der Waals surface area contributed by atoms with E-state index >= 15 is 0 Å². The van der Waals surface area contributed by atoms with E-state index in [2.05, 4.69) is 27.1 Å². The molecule has 0 aliphatic carbocycles. The molecule has 0 spiro atoms. The van der Waals surface area contributed by atoms with Crippen LogP contribution in [0.5, 0.6) is 0 Å². The molecule has 2 aromatic rings. The molecule has 0 saturated carbocycles. The van der Waals surface area contributed by atoms with Gasteiger partial charge >= 0.3 is 0 Å². The highest BCUT2D eigenvalue weighted by molar-refractivity contribution is 5.90. The summed E-state index contributed by atoms with van der Waals surface area (Å²) in [5.74, 6) is 0.517. The minimum atomic E-state index is -0.270. The van der Waals surface area contributed by atoms with Crippen molar-refractivity contribution < 1.29 is 9.18 Å². The van der Waals surface area contributed by atoms with Crippen molar-refractivity contribution in [1.82, 2.24) is 9.88 Å². The maximum absolute atomic E-state index is 13.6. The molecule has 132 valence electrons. The quantitative estimate of drug-likeness (QED) is 0.907. The lowest BCUT2D eigenvalue weighted by Crippen LogP contribution is -2.44. The summed E-state index contributed by atoms with van der Waals surface area (Å²) in [4.78, 5) is 21.0. The molecule has 25 heavy (non-hydrogen) atoms. The van der Waals surface area contributed by atoms with Crippen LogP contribution >= 0.6 is 0 Å². The van der Waals surface area contributed by atoms with Gasteiger partial charge in [0.25, 0.3) is 0 Å². The van der Waals surface area contributed by atoms with Gasteiger partial charge in [0.05, 0.1) is 11.9 Å². The van der Waals surface area contributed by atoms with E-state index in [0.29, 0.717) is 17.7 Å². The summed E-state index contributed by atoms with van der Waals surface area (Å²) in [6, 6.07) is 10.3. The van der Waals surface area contributed by atoms with Crippen molar-refractivity contribution in [2.45, 2.75) is 12.8 Å². The van der Waals surface area contributed by atoms with Gasteiger partial charge in [-0.2, -0.15) is 0 Å². The first-order chi connectivity index (χ1) is 12.1. The summed E-state index contributed by atoms with van der Waals surface area (Å²) >= 11 is 0. The molecular weight excluding hydrogens is 319 g/mol. The zero-order chi connectivity index (χ0) is 17.6. The van der Waals surface area contributed by atoms with E-state index in [1.807, 2.05) is 12.1 Å². The maximum atomic E-state index is 13.6. The Morgan fingerprint density at radius 1 is 1.16 bits per heavy atom. The number of likely N-dealkylation sites (N-methyl/N-ethyl adjacent to an activating group) is 1. The van der Waals surface area contributed by atoms with Crippen LogP contribution in [0.25, 0.3) is 0 Å². The van der Waals surface area contributed by atoms with Gasteiger partial charge in [-0.1, -0.05) is 18.2 Å². The van der Waals surface area contributed by atoms with Crippen molar-refractivity contribution in [1.29, 1.82) is 0 Å². The number of halogens is 1. The number of hydrogen-bond donors (Lipinski definition) is 1. The number of nitrogens with one attached hydrogen (secondary N) is 1. The van der Waals surface area contributed by atoms with Crippen molar-refractivity contribution in [3.8, 4) is 0 Å². The molecule has 1 N–H and O–H groups in total. The van der Waals surface area contributed by atoms with E-state index in [1.165, 1.54) is 6.07 Å². The first-order valence-electron chi connectivity index (χ1n) is 8.54. The third-order valence-electron chi connectivity index (χ3n) is 4.44. The monoisotopic (exact) mass is 342 g/mol. The molecule has 1 aliphatic rings. The normalized spacial score (nSPS) is 15.2. The Labute approximate surface area is 147 Å². The molecule has 2 heterocycles. The minimum Gasteiger partial charge on any atom is -0.354 e. The van der Waals surface area contributed by atoms with Crippen LogP contribution in [-0.4, -0.2) is 49.0 Å². The zero-order valence-corrected chi connectivity index (χ0v) is 14.4. The molecule has 0 bridgehead atoms. The number of pyridine rings is 1. The SMILES string of the molecule is CN1CCN(c2ccc(NC(=O)CCc3ccccc3F)cn2)CC1. The molecule has 5 nitrogen and oxygen atoms in total. The second-order valence-electron chi connectivity index (χ2n) is 6.33. The number of aromatic nitrogens is 1. The van der Waals surface area contributed by atoms with Crippen LogP contribution in [0.3, 0.4) is 0 Å². The van der Waals surface area contributed by atoms with E-state index in [1.54, 1.807) is 24.4 Å². The van der Waals surface area contributed by atoms with Crippen LogP contribution in [0.2, 0.25) is 0 Å². The maximum Gasteiger partial charge on any atom is 0.224 e. The second kappa shape index (κ2) is 8.07. The van der Waals surface area contributed by atoms with E-state index in [9.17, 15) is 9.18 Å². The van der Waals surface area contributed by atoms with Gasteiger partial charge in [0.1, 0.15) is 11.6 Å². The molecule has 1 fully saturated rings. The number of benzene rings is 1. The van der Waals surface area contributed by atoms with Crippen molar-refractivity contribution in [3.63, 3.8) is 0 Å². The van der Waals surface area contributed by atoms with Crippen molar-refractivity contribution >= 4 is 17.4 Å². The van der Waals surface area contributed by atoms with Gasteiger partial charge in [0, 0.05) is 32.6 Å². The number of hydrogen-bond acceptors (Lipinski definition) is 4. The molecule has 3 rings (SSSR count). The Morgan fingerprint density at radius 2 is 1.92 bits per heavy atom. The number of carbonyl (C=O) groups is 1. The van der Waals surface area contributed by atoms with E-state index in [-0.39, 0.29) is 18.1 Å². The fourth-order valence-corrected chi connectivity index (χ4v) is 2.86. The van der Waals surface area contributed by atoms with Gasteiger partial charge in [0.15, 0.2) is 0 Å². The summed E-state index contributed by atoms with van der Waals surface area (Å²) in [6.07, 6.45) is 2.29. The first kappa shape index (κ1) is 17.4. The highest BCUT2D eigenvalue weighted by Gasteiger charge is 2.15. The van der Waals surface area contributed by atoms with Crippen LogP contribution in [0.15, 0.2) is 42.6 Å². The number of piperazine rings is 1. The van der Waals surface area contributed by atoms with Gasteiger partial charge in [-0.15, -0.1) is 0 Å². The predicted molar refractivity (Wildman–Crippen MR) is 97.3 cm³/mol. The highest BCUT2D eigenvalue weighted by Crippen LogP contribution is 2.16. The molecule has 1 aromatic heterocycles. The lowest BCUT2D eigenvalue weighted by molar-refractivity contribution is -0.116. The van der Waals surface area contributed by atoms with Crippen molar-refractivity contribution in [3.05, 3.63) is 54.0 Å². The number of anilines is 2. The summed E-state index contributed by atoms with van der Waals surface area (Å²) in [5, 5.41) is 2.82. The molecule has 6 heteroatoms. The Kier molecular flexibility index (Phi) is 5.60. The van der Waals surface area contributed by atoms with Crippen molar-refractivity contribution in [2.75, 3.05) is 43.4 Å². The molecule has 0 atom stereocenters. The summed E-state index contributed by atoms with van der Waals surface area (Å²) in [5.41, 5.74) is 1.22. The third kappa shape index (κ3) is 4.76. The lowest BCUT2D eigenvalue weighted by Gasteiger charge is -2.33. The Morgan fingerprint density at radius 3 is 2.60 bits per heavy atom. The second-order valence-corrected chi connectivity index (χ2v) is 6.33. The van der Waals surface area contributed by atoms with Gasteiger partial charge in [-0.05, 0) is 37.2 Å². The lowest BCUT2D eigenvalue weighted by atomic mass is 10.1. The molecular formula is C19H23FN4O. The van der Waals surface area contributed by atoms with Crippen LogP contribution < -0.4 is 10.2 Å². The van der Waals surface area contributed by atoms with Crippen LogP contribution in [0, 0.1) is 5.82 Å². The van der Waals surface area contributed by atoms with Gasteiger partial charge in [-0.25, -0.2) is 9.37 Å². The number of nitrogens with zero attached hydrogens (tertiary/aromatic N) is 3.